The van der Waals surface area contributed by atoms with Gasteiger partial charge in [0.05, 0.1) is 18.0 Å². The molecule has 74 valence electrons. The Bertz CT molecular complexity index is 310. The second kappa shape index (κ2) is 4.28. The van der Waals surface area contributed by atoms with E-state index in [9.17, 15) is 0 Å². The summed E-state index contributed by atoms with van der Waals surface area (Å²) in [5.41, 5.74) is 0. The van der Waals surface area contributed by atoms with Crippen LogP contribution >= 0.6 is 0 Å². The highest BCUT2D eigenvalue weighted by atomic mass is 15.3. The van der Waals surface area contributed by atoms with Crippen LogP contribution < -0.4 is 0 Å². The molecular weight excluding hydrogens is 174 g/mol. The van der Waals surface area contributed by atoms with E-state index in [0.717, 1.165) is 12.8 Å². The normalized spacial score (nSPS) is 27.9. The van der Waals surface area contributed by atoms with Gasteiger partial charge in [-0.25, -0.2) is 0 Å². The van der Waals surface area contributed by atoms with Crippen LogP contribution in [-0.2, 0) is 0 Å². The Hall–Kier alpha value is -1.30. The van der Waals surface area contributed by atoms with E-state index in [4.69, 9.17) is 5.26 Å². The Morgan fingerprint density at radius 1 is 1.29 bits per heavy atom. The molecule has 3 nitrogen and oxygen atoms in total. The summed E-state index contributed by atoms with van der Waals surface area (Å²) in [5.74, 6) is 0.150. The van der Waals surface area contributed by atoms with Gasteiger partial charge >= 0.3 is 0 Å². The number of nitriles is 1. The maximum Gasteiger partial charge on any atom is 0.0687 e. The molecule has 1 saturated carbocycles. The Morgan fingerprint density at radius 3 is 2.86 bits per heavy atom. The first kappa shape index (κ1) is 9.26. The van der Waals surface area contributed by atoms with Gasteiger partial charge in [-0.3, -0.25) is 4.68 Å². The van der Waals surface area contributed by atoms with Crippen LogP contribution in [0, 0.1) is 17.2 Å². The van der Waals surface area contributed by atoms with Crippen molar-refractivity contribution in [1.29, 1.82) is 5.26 Å². The number of aromatic nitrogens is 2. The molecule has 1 aromatic heterocycles. The minimum atomic E-state index is 0.150. The summed E-state index contributed by atoms with van der Waals surface area (Å²) in [6.45, 7) is 0. The zero-order valence-electron chi connectivity index (χ0n) is 8.26. The summed E-state index contributed by atoms with van der Waals surface area (Å²) < 4.78 is 1.96. The Balaban J connectivity index is 2.18. The van der Waals surface area contributed by atoms with E-state index in [1.807, 2.05) is 16.9 Å². The maximum absolute atomic E-state index is 9.09. The number of nitrogens with zero attached hydrogens (tertiary/aromatic N) is 3. The summed E-state index contributed by atoms with van der Waals surface area (Å²) in [4.78, 5) is 0. The predicted molar refractivity (Wildman–Crippen MR) is 53.5 cm³/mol. The molecule has 1 aliphatic rings. The van der Waals surface area contributed by atoms with Crippen molar-refractivity contribution < 1.29 is 0 Å². The largest absolute Gasteiger partial charge is 0.268 e. The summed E-state index contributed by atoms with van der Waals surface area (Å²) >= 11 is 0. The van der Waals surface area contributed by atoms with Crippen LogP contribution in [0.3, 0.4) is 0 Å². The minimum absolute atomic E-state index is 0.150. The molecule has 1 aromatic rings. The number of rotatable bonds is 1. The molecule has 0 aromatic carbocycles. The van der Waals surface area contributed by atoms with E-state index in [-0.39, 0.29) is 5.92 Å². The van der Waals surface area contributed by atoms with Crippen LogP contribution in [0.2, 0.25) is 0 Å². The molecule has 0 N–H and O–H groups in total. The topological polar surface area (TPSA) is 41.6 Å². The van der Waals surface area contributed by atoms with Crippen molar-refractivity contribution in [3.63, 3.8) is 0 Å². The highest BCUT2D eigenvalue weighted by Crippen LogP contribution is 2.31. The molecule has 3 heteroatoms. The molecule has 2 unspecified atom stereocenters. The third kappa shape index (κ3) is 1.79. The third-order valence-corrected chi connectivity index (χ3v) is 3.01. The first-order valence-corrected chi connectivity index (χ1v) is 5.30. The first-order chi connectivity index (χ1) is 6.92. The molecule has 0 spiro atoms. The fourth-order valence-corrected chi connectivity index (χ4v) is 2.23. The molecule has 0 bridgehead atoms. The molecular formula is C11H15N3. The van der Waals surface area contributed by atoms with Crippen LogP contribution in [0.25, 0.3) is 0 Å². The van der Waals surface area contributed by atoms with Gasteiger partial charge in [0, 0.05) is 12.4 Å². The molecule has 0 radical (unpaired) electrons. The van der Waals surface area contributed by atoms with Crippen LogP contribution in [0.4, 0.5) is 0 Å². The van der Waals surface area contributed by atoms with E-state index in [1.165, 1.54) is 19.3 Å². The van der Waals surface area contributed by atoms with Crippen LogP contribution in [-0.4, -0.2) is 9.78 Å². The quantitative estimate of drug-likeness (QED) is 0.637. The molecule has 0 saturated heterocycles. The lowest BCUT2D eigenvalue weighted by Crippen LogP contribution is -2.17. The zero-order chi connectivity index (χ0) is 9.80. The van der Waals surface area contributed by atoms with Crippen LogP contribution in [0.15, 0.2) is 18.5 Å². The first-order valence-electron chi connectivity index (χ1n) is 5.30. The zero-order valence-corrected chi connectivity index (χ0v) is 8.26. The minimum Gasteiger partial charge on any atom is -0.268 e. The van der Waals surface area contributed by atoms with Gasteiger partial charge in [0.2, 0.25) is 0 Å². The Kier molecular flexibility index (Phi) is 2.83. The van der Waals surface area contributed by atoms with E-state index >= 15 is 0 Å². The third-order valence-electron chi connectivity index (χ3n) is 3.01. The summed E-state index contributed by atoms with van der Waals surface area (Å²) in [7, 11) is 0. The van der Waals surface area contributed by atoms with Gasteiger partial charge in [-0.15, -0.1) is 0 Å². The van der Waals surface area contributed by atoms with Crippen molar-refractivity contribution in [2.45, 2.75) is 38.1 Å². The van der Waals surface area contributed by atoms with E-state index < -0.39 is 0 Å². The smallest absolute Gasteiger partial charge is 0.0687 e. The average Bonchev–Trinajstić information content (AvgIpc) is 2.63. The van der Waals surface area contributed by atoms with Gasteiger partial charge in [-0.1, -0.05) is 19.3 Å². The van der Waals surface area contributed by atoms with Crippen molar-refractivity contribution in [1.82, 2.24) is 9.78 Å². The van der Waals surface area contributed by atoms with Crippen molar-refractivity contribution >= 4 is 0 Å². The van der Waals surface area contributed by atoms with Crippen molar-refractivity contribution in [2.24, 2.45) is 5.92 Å². The van der Waals surface area contributed by atoms with E-state index in [1.54, 1.807) is 6.20 Å². The summed E-state index contributed by atoms with van der Waals surface area (Å²) in [6.07, 6.45) is 9.56. The lowest BCUT2D eigenvalue weighted by atomic mass is 9.97. The summed E-state index contributed by atoms with van der Waals surface area (Å²) in [6, 6.07) is 4.65. The van der Waals surface area contributed by atoms with Crippen molar-refractivity contribution in [3.8, 4) is 6.07 Å². The van der Waals surface area contributed by atoms with E-state index in [2.05, 4.69) is 11.2 Å². The Labute approximate surface area is 84.3 Å². The molecule has 0 amide bonds. The van der Waals surface area contributed by atoms with Gasteiger partial charge in [0.25, 0.3) is 0 Å². The van der Waals surface area contributed by atoms with Crippen molar-refractivity contribution in [3.05, 3.63) is 18.5 Å². The highest BCUT2D eigenvalue weighted by molar-refractivity contribution is 4.94. The van der Waals surface area contributed by atoms with E-state index in [0.29, 0.717) is 6.04 Å². The summed E-state index contributed by atoms with van der Waals surface area (Å²) in [5, 5.41) is 13.3. The average molecular weight is 189 g/mol. The second-order valence-electron chi connectivity index (χ2n) is 3.93. The number of hydrogen-bond donors (Lipinski definition) is 0. The predicted octanol–water partition coefficient (Wildman–Crippen LogP) is 2.53. The highest BCUT2D eigenvalue weighted by Gasteiger charge is 2.24. The van der Waals surface area contributed by atoms with Gasteiger partial charge in [-0.2, -0.15) is 10.4 Å². The fourth-order valence-electron chi connectivity index (χ4n) is 2.23. The van der Waals surface area contributed by atoms with Gasteiger partial charge in [0.15, 0.2) is 0 Å². The van der Waals surface area contributed by atoms with Gasteiger partial charge in [0.1, 0.15) is 0 Å². The fraction of sp³-hybridized carbons (Fsp3) is 0.636. The van der Waals surface area contributed by atoms with Crippen LogP contribution in [0.5, 0.6) is 0 Å². The monoisotopic (exact) mass is 189 g/mol. The lowest BCUT2D eigenvalue weighted by molar-refractivity contribution is 0.343. The maximum atomic E-state index is 9.09. The van der Waals surface area contributed by atoms with Gasteiger partial charge < -0.3 is 0 Å². The second-order valence-corrected chi connectivity index (χ2v) is 3.93. The standard InChI is InChI=1S/C11H15N3/c12-9-10-5-2-1-3-6-11(10)14-8-4-7-13-14/h4,7-8,10-11H,1-3,5-6H2. The molecule has 2 rings (SSSR count). The molecule has 1 fully saturated rings. The van der Waals surface area contributed by atoms with Crippen LogP contribution in [0.1, 0.15) is 38.1 Å². The van der Waals surface area contributed by atoms with Gasteiger partial charge in [-0.05, 0) is 18.9 Å². The lowest BCUT2D eigenvalue weighted by Gasteiger charge is -2.19. The molecule has 0 aliphatic heterocycles. The number of hydrogen-bond acceptors (Lipinski definition) is 2. The SMILES string of the molecule is N#CC1CCCCCC1n1cccn1. The molecule has 1 aliphatic carbocycles. The molecule has 2 atom stereocenters. The molecule has 1 heterocycles. The molecule has 14 heavy (non-hydrogen) atoms. The Morgan fingerprint density at radius 2 is 2.14 bits per heavy atom. The van der Waals surface area contributed by atoms with Crippen molar-refractivity contribution in [2.75, 3.05) is 0 Å².